The van der Waals surface area contributed by atoms with Crippen LogP contribution in [0.1, 0.15) is 160 Å². The van der Waals surface area contributed by atoms with Crippen molar-refractivity contribution in [1.29, 1.82) is 0 Å². The average molecular weight is 594 g/mol. The molecule has 1 N–H and O–H groups in total. The molecule has 1 aromatic heterocycles. The van der Waals surface area contributed by atoms with Gasteiger partial charge >= 0.3 is 0 Å². The summed E-state index contributed by atoms with van der Waals surface area (Å²) in [7, 11) is 0. The first-order valence-electron chi connectivity index (χ1n) is 17.7. The molecule has 0 aliphatic rings. The predicted molar refractivity (Wildman–Crippen MR) is 194 cm³/mol. The smallest absolute Gasteiger partial charge is 0.141 e. The molecule has 2 atom stereocenters. The molecule has 44 heavy (non-hydrogen) atoms. The second-order valence-corrected chi connectivity index (χ2v) is 13.8. The molecule has 1 heterocycles. The number of benzene rings is 3. The largest absolute Gasteiger partial charge is 0.353 e. The number of fused-ring (bicyclic) bond motifs is 1. The number of unbranched alkanes of at least 4 members (excludes halogenated alkanes) is 3. The second kappa shape index (κ2) is 15.8. The van der Waals surface area contributed by atoms with E-state index in [2.05, 4.69) is 127 Å². The third-order valence-electron chi connectivity index (χ3n) is 9.48. The first-order chi connectivity index (χ1) is 21.2. The monoisotopic (exact) mass is 593 g/mol. The van der Waals surface area contributed by atoms with Crippen LogP contribution < -0.4 is 5.32 Å². The Morgan fingerprint density at radius 3 is 1.89 bits per heavy atom. The lowest BCUT2D eigenvalue weighted by atomic mass is 9.87. The quantitative estimate of drug-likeness (QED) is 0.131. The summed E-state index contributed by atoms with van der Waals surface area (Å²) >= 11 is 0. The lowest BCUT2D eigenvalue weighted by Gasteiger charge is -2.21. The Bertz CT molecular complexity index is 1470. The number of para-hydroxylation sites is 2. The SMILES string of the molecule is CCCCC[C@H](C)c1cc(-c2nc3c(Nc4c(C(C)C)cccc4C(C)C)cccc3n2CCCC)cc(C(C)CCC)c1. The van der Waals surface area contributed by atoms with Crippen molar-refractivity contribution in [2.45, 2.75) is 144 Å². The van der Waals surface area contributed by atoms with Crippen LogP contribution in [0.3, 0.4) is 0 Å². The van der Waals surface area contributed by atoms with Crippen molar-refractivity contribution >= 4 is 22.4 Å². The molecule has 0 bridgehead atoms. The summed E-state index contributed by atoms with van der Waals surface area (Å²) in [5, 5.41) is 3.92. The fourth-order valence-electron chi connectivity index (χ4n) is 6.68. The number of hydrogen-bond donors (Lipinski definition) is 1. The van der Waals surface area contributed by atoms with Gasteiger partial charge in [0, 0.05) is 17.8 Å². The lowest BCUT2D eigenvalue weighted by Crippen LogP contribution is -2.04. The number of hydrogen-bond acceptors (Lipinski definition) is 2. The predicted octanol–water partition coefficient (Wildman–Crippen LogP) is 13.1. The molecule has 3 nitrogen and oxygen atoms in total. The highest BCUT2D eigenvalue weighted by atomic mass is 15.1. The van der Waals surface area contributed by atoms with Crippen molar-refractivity contribution in [3.8, 4) is 11.4 Å². The van der Waals surface area contributed by atoms with E-state index in [4.69, 9.17) is 4.98 Å². The highest BCUT2D eigenvalue weighted by Crippen LogP contribution is 2.39. The number of aromatic nitrogens is 2. The molecule has 0 amide bonds. The van der Waals surface area contributed by atoms with Gasteiger partial charge in [0.05, 0.1) is 11.2 Å². The Kier molecular flexibility index (Phi) is 12.1. The average Bonchev–Trinajstić information content (AvgIpc) is 3.39. The summed E-state index contributed by atoms with van der Waals surface area (Å²) in [6.45, 7) is 21.8. The summed E-state index contributed by atoms with van der Waals surface area (Å²) in [6, 6.07) is 20.8. The summed E-state index contributed by atoms with van der Waals surface area (Å²) in [4.78, 5) is 5.50. The van der Waals surface area contributed by atoms with Gasteiger partial charge in [-0.15, -0.1) is 0 Å². The third kappa shape index (κ3) is 7.76. The minimum absolute atomic E-state index is 0.429. The van der Waals surface area contributed by atoms with E-state index in [-0.39, 0.29) is 0 Å². The summed E-state index contributed by atoms with van der Waals surface area (Å²) in [5.74, 6) is 3.05. The molecule has 0 saturated heterocycles. The molecule has 3 aromatic carbocycles. The fraction of sp³-hybridized carbons (Fsp3) is 0.537. The van der Waals surface area contributed by atoms with Gasteiger partial charge in [-0.3, -0.25) is 0 Å². The zero-order chi connectivity index (χ0) is 31.8. The summed E-state index contributed by atoms with van der Waals surface area (Å²) in [6.07, 6.45) is 9.82. The Balaban J connectivity index is 1.90. The van der Waals surface area contributed by atoms with Gasteiger partial charge in [0.15, 0.2) is 0 Å². The molecule has 238 valence electrons. The van der Waals surface area contributed by atoms with E-state index in [1.807, 2.05) is 0 Å². The topological polar surface area (TPSA) is 29.9 Å². The maximum absolute atomic E-state index is 5.50. The molecule has 0 saturated carbocycles. The Morgan fingerprint density at radius 1 is 0.682 bits per heavy atom. The molecule has 1 unspecified atom stereocenters. The maximum atomic E-state index is 5.50. The van der Waals surface area contributed by atoms with Gasteiger partial charge in [-0.1, -0.05) is 125 Å². The molecule has 0 spiro atoms. The van der Waals surface area contributed by atoms with Gasteiger partial charge in [0.25, 0.3) is 0 Å². The molecule has 4 rings (SSSR count). The highest BCUT2D eigenvalue weighted by Gasteiger charge is 2.21. The first kappa shape index (κ1) is 33.8. The van der Waals surface area contributed by atoms with E-state index in [0.717, 1.165) is 36.4 Å². The van der Waals surface area contributed by atoms with E-state index in [1.165, 1.54) is 77.5 Å². The van der Waals surface area contributed by atoms with Crippen LogP contribution in [0.4, 0.5) is 11.4 Å². The Hall–Kier alpha value is -3.07. The van der Waals surface area contributed by atoms with Crippen LogP contribution >= 0.6 is 0 Å². The zero-order valence-corrected chi connectivity index (χ0v) is 29.3. The molecule has 3 heteroatoms. The summed E-state index contributed by atoms with van der Waals surface area (Å²) in [5.41, 5.74) is 11.5. The highest BCUT2D eigenvalue weighted by molar-refractivity contribution is 5.93. The van der Waals surface area contributed by atoms with E-state index in [9.17, 15) is 0 Å². The van der Waals surface area contributed by atoms with Gasteiger partial charge < -0.3 is 9.88 Å². The standard InChI is InChI=1S/C41H59N3/c1-10-13-15-19-31(9)33-25-32(30(8)18-12-3)26-34(27-33)41-43-40-37(22-17-23-38(40)44(41)24-14-11-2)42-39-35(28(4)5)20-16-21-36(39)29(6)7/h16-17,20-23,25-31,42H,10-15,18-19,24H2,1-9H3/t30?,31-/m0/s1. The van der Waals surface area contributed by atoms with Crippen molar-refractivity contribution in [1.82, 2.24) is 9.55 Å². The number of anilines is 2. The number of nitrogens with one attached hydrogen (secondary N) is 1. The van der Waals surface area contributed by atoms with Crippen LogP contribution in [-0.4, -0.2) is 9.55 Å². The Labute approximate surface area is 268 Å². The van der Waals surface area contributed by atoms with Crippen LogP contribution in [0.2, 0.25) is 0 Å². The maximum Gasteiger partial charge on any atom is 0.141 e. The van der Waals surface area contributed by atoms with E-state index >= 15 is 0 Å². The summed E-state index contributed by atoms with van der Waals surface area (Å²) < 4.78 is 2.50. The minimum atomic E-state index is 0.429. The number of nitrogens with zero attached hydrogens (tertiary/aromatic N) is 2. The van der Waals surface area contributed by atoms with Gasteiger partial charge in [0.1, 0.15) is 11.3 Å². The fourth-order valence-corrected chi connectivity index (χ4v) is 6.68. The third-order valence-corrected chi connectivity index (χ3v) is 9.48. The minimum Gasteiger partial charge on any atom is -0.353 e. The van der Waals surface area contributed by atoms with Crippen LogP contribution in [0.15, 0.2) is 54.6 Å². The van der Waals surface area contributed by atoms with Crippen molar-refractivity contribution in [3.63, 3.8) is 0 Å². The van der Waals surface area contributed by atoms with Gasteiger partial charge in [-0.2, -0.15) is 0 Å². The van der Waals surface area contributed by atoms with E-state index in [0.29, 0.717) is 23.7 Å². The van der Waals surface area contributed by atoms with Gasteiger partial charge in [0.2, 0.25) is 0 Å². The normalized spacial score (nSPS) is 13.2. The van der Waals surface area contributed by atoms with E-state index < -0.39 is 0 Å². The van der Waals surface area contributed by atoms with Crippen LogP contribution in [0.25, 0.3) is 22.4 Å². The molecule has 4 aromatic rings. The molecular weight excluding hydrogens is 534 g/mol. The molecular formula is C41H59N3. The van der Waals surface area contributed by atoms with Gasteiger partial charge in [-0.05, 0) is 89.5 Å². The number of imidazole rings is 1. The molecule has 0 fully saturated rings. The molecule has 0 aliphatic carbocycles. The number of aryl methyl sites for hydroxylation is 1. The van der Waals surface area contributed by atoms with Crippen molar-refractivity contribution < 1.29 is 0 Å². The number of rotatable bonds is 16. The molecule has 0 radical (unpaired) electrons. The van der Waals surface area contributed by atoms with Crippen molar-refractivity contribution in [2.24, 2.45) is 0 Å². The van der Waals surface area contributed by atoms with E-state index in [1.54, 1.807) is 0 Å². The first-order valence-corrected chi connectivity index (χ1v) is 17.7. The van der Waals surface area contributed by atoms with Crippen LogP contribution in [0, 0.1) is 0 Å². The zero-order valence-electron chi connectivity index (χ0n) is 29.3. The van der Waals surface area contributed by atoms with Crippen LogP contribution in [0.5, 0.6) is 0 Å². The Morgan fingerprint density at radius 2 is 1.30 bits per heavy atom. The van der Waals surface area contributed by atoms with Crippen molar-refractivity contribution in [3.05, 3.63) is 76.9 Å². The van der Waals surface area contributed by atoms with Gasteiger partial charge in [-0.25, -0.2) is 4.98 Å². The molecule has 0 aliphatic heterocycles. The van der Waals surface area contributed by atoms with Crippen molar-refractivity contribution in [2.75, 3.05) is 5.32 Å². The van der Waals surface area contributed by atoms with Crippen LogP contribution in [-0.2, 0) is 6.54 Å². The second-order valence-electron chi connectivity index (χ2n) is 13.8. The lowest BCUT2D eigenvalue weighted by molar-refractivity contribution is 0.596.